The molecule has 1 heterocycles. The summed E-state index contributed by atoms with van der Waals surface area (Å²) in [5.41, 5.74) is 1.70. The second-order valence-electron chi connectivity index (χ2n) is 5.48. The lowest BCUT2D eigenvalue weighted by molar-refractivity contribution is -0.132. The van der Waals surface area contributed by atoms with E-state index in [9.17, 15) is 4.79 Å². The van der Waals surface area contributed by atoms with Crippen LogP contribution in [0, 0.1) is 5.92 Å². The molecule has 0 saturated heterocycles. The van der Waals surface area contributed by atoms with E-state index < -0.39 is 6.10 Å². The largest absolute Gasteiger partial charge is 0.368 e. The number of halogens is 1. The van der Waals surface area contributed by atoms with Crippen molar-refractivity contribution in [1.29, 1.82) is 0 Å². The normalized spacial score (nSPS) is 16.1. The number of imidazole rings is 1. The third-order valence-electron chi connectivity index (χ3n) is 3.57. The lowest BCUT2D eigenvalue weighted by Crippen LogP contribution is -2.34. The highest BCUT2D eigenvalue weighted by Crippen LogP contribution is 2.29. The van der Waals surface area contributed by atoms with E-state index in [0.717, 1.165) is 11.0 Å². The number of aromatic nitrogens is 2. The Balaban J connectivity index is 1.53. The fourth-order valence-corrected chi connectivity index (χ4v) is 2.25. The van der Waals surface area contributed by atoms with Crippen LogP contribution in [0.4, 0.5) is 0 Å². The molecule has 0 spiro atoms. The van der Waals surface area contributed by atoms with Crippen LogP contribution in [0.15, 0.2) is 18.2 Å². The van der Waals surface area contributed by atoms with Crippen molar-refractivity contribution in [3.63, 3.8) is 0 Å². The summed E-state index contributed by atoms with van der Waals surface area (Å²) in [6, 6.07) is 5.46. The highest BCUT2D eigenvalue weighted by molar-refractivity contribution is 6.31. The predicted molar refractivity (Wildman–Crippen MR) is 81.1 cm³/mol. The van der Waals surface area contributed by atoms with Crippen molar-refractivity contribution >= 4 is 28.5 Å². The number of ether oxygens (including phenoxy) is 1. The van der Waals surface area contributed by atoms with Gasteiger partial charge in [-0.25, -0.2) is 4.98 Å². The van der Waals surface area contributed by atoms with E-state index in [1.807, 2.05) is 12.1 Å². The maximum Gasteiger partial charge on any atom is 0.249 e. The molecule has 1 atom stereocenters. The van der Waals surface area contributed by atoms with Crippen LogP contribution in [0.3, 0.4) is 0 Å². The molecule has 1 aromatic carbocycles. The first-order chi connectivity index (χ1) is 10.1. The van der Waals surface area contributed by atoms with Gasteiger partial charge in [-0.15, -0.1) is 0 Å². The molecular formula is C15H18ClN3O2. The van der Waals surface area contributed by atoms with Gasteiger partial charge in [0, 0.05) is 5.02 Å². The Hall–Kier alpha value is -1.59. The molecule has 1 fully saturated rings. The quantitative estimate of drug-likeness (QED) is 0.862. The fraction of sp³-hybridized carbons (Fsp3) is 0.467. The standard InChI is InChI=1S/C15H18ClN3O2/c1-9(21-8-10-2-3-10)15(20)17-7-14-18-12-5-4-11(16)6-13(12)19-14/h4-6,9-10H,2-3,7-8H2,1H3,(H,17,20)(H,18,19). The Morgan fingerprint density at radius 2 is 2.38 bits per heavy atom. The molecule has 112 valence electrons. The zero-order valence-electron chi connectivity index (χ0n) is 11.9. The first-order valence-corrected chi connectivity index (χ1v) is 7.53. The average Bonchev–Trinajstić information content (AvgIpc) is 3.21. The van der Waals surface area contributed by atoms with Gasteiger partial charge >= 0.3 is 0 Å². The van der Waals surface area contributed by atoms with Crippen molar-refractivity contribution in [2.45, 2.75) is 32.4 Å². The van der Waals surface area contributed by atoms with Crippen LogP contribution in [-0.4, -0.2) is 28.6 Å². The first kappa shape index (κ1) is 14.4. The lowest BCUT2D eigenvalue weighted by Gasteiger charge is -2.12. The van der Waals surface area contributed by atoms with Crippen LogP contribution in [0.25, 0.3) is 11.0 Å². The number of fused-ring (bicyclic) bond motifs is 1. The third kappa shape index (κ3) is 3.74. The molecule has 21 heavy (non-hydrogen) atoms. The number of carbonyl (C=O) groups is 1. The molecule has 0 radical (unpaired) electrons. The average molecular weight is 308 g/mol. The zero-order valence-corrected chi connectivity index (χ0v) is 12.6. The summed E-state index contributed by atoms with van der Waals surface area (Å²) in [4.78, 5) is 19.5. The van der Waals surface area contributed by atoms with E-state index in [1.165, 1.54) is 12.8 Å². The number of hydrogen-bond donors (Lipinski definition) is 2. The maximum absolute atomic E-state index is 11.9. The molecule has 6 heteroatoms. The summed E-state index contributed by atoms with van der Waals surface area (Å²) < 4.78 is 5.53. The van der Waals surface area contributed by atoms with Gasteiger partial charge in [-0.1, -0.05) is 11.6 Å². The smallest absolute Gasteiger partial charge is 0.249 e. The second kappa shape index (κ2) is 6.03. The molecule has 0 aliphatic heterocycles. The van der Waals surface area contributed by atoms with E-state index in [0.29, 0.717) is 29.9 Å². The number of hydrogen-bond acceptors (Lipinski definition) is 3. The summed E-state index contributed by atoms with van der Waals surface area (Å²) >= 11 is 5.93. The number of amides is 1. The number of H-pyrrole nitrogens is 1. The van der Waals surface area contributed by atoms with Crippen molar-refractivity contribution in [3.8, 4) is 0 Å². The van der Waals surface area contributed by atoms with Crippen LogP contribution in [-0.2, 0) is 16.1 Å². The van der Waals surface area contributed by atoms with Crippen molar-refractivity contribution in [2.75, 3.05) is 6.61 Å². The summed E-state index contributed by atoms with van der Waals surface area (Å²) in [6.07, 6.45) is 2.01. The van der Waals surface area contributed by atoms with Crippen LogP contribution in [0.2, 0.25) is 5.02 Å². The Morgan fingerprint density at radius 3 is 3.14 bits per heavy atom. The Labute approximate surface area is 128 Å². The molecule has 3 rings (SSSR count). The van der Waals surface area contributed by atoms with Gasteiger partial charge in [0.15, 0.2) is 0 Å². The highest BCUT2D eigenvalue weighted by atomic mass is 35.5. The van der Waals surface area contributed by atoms with Gasteiger partial charge < -0.3 is 15.0 Å². The zero-order chi connectivity index (χ0) is 14.8. The van der Waals surface area contributed by atoms with Crippen molar-refractivity contribution in [1.82, 2.24) is 15.3 Å². The molecule has 1 aliphatic carbocycles. The predicted octanol–water partition coefficient (Wildman–Crippen LogP) is 2.65. The summed E-state index contributed by atoms with van der Waals surface area (Å²) in [7, 11) is 0. The molecule has 1 amide bonds. The van der Waals surface area contributed by atoms with Gasteiger partial charge in [-0.2, -0.15) is 0 Å². The van der Waals surface area contributed by atoms with Crippen LogP contribution >= 0.6 is 11.6 Å². The molecule has 2 N–H and O–H groups in total. The number of nitrogens with zero attached hydrogens (tertiary/aromatic N) is 1. The van der Waals surface area contributed by atoms with E-state index in [-0.39, 0.29) is 5.91 Å². The molecule has 2 aromatic rings. The lowest BCUT2D eigenvalue weighted by atomic mass is 10.3. The monoisotopic (exact) mass is 307 g/mol. The summed E-state index contributed by atoms with van der Waals surface area (Å²) in [6.45, 7) is 2.80. The summed E-state index contributed by atoms with van der Waals surface area (Å²) in [5.74, 6) is 1.24. The van der Waals surface area contributed by atoms with Gasteiger partial charge in [0.25, 0.3) is 0 Å². The number of nitrogens with one attached hydrogen (secondary N) is 2. The van der Waals surface area contributed by atoms with Crippen molar-refractivity contribution in [2.24, 2.45) is 5.92 Å². The number of aromatic amines is 1. The Bertz CT molecular complexity index is 651. The molecule has 1 unspecified atom stereocenters. The fourth-order valence-electron chi connectivity index (χ4n) is 2.07. The third-order valence-corrected chi connectivity index (χ3v) is 3.81. The van der Waals surface area contributed by atoms with E-state index in [2.05, 4.69) is 15.3 Å². The van der Waals surface area contributed by atoms with Gasteiger partial charge in [0.1, 0.15) is 11.9 Å². The van der Waals surface area contributed by atoms with Crippen LogP contribution in [0.5, 0.6) is 0 Å². The van der Waals surface area contributed by atoms with E-state index in [1.54, 1.807) is 13.0 Å². The SMILES string of the molecule is CC(OCC1CC1)C(=O)NCc1nc2ccc(Cl)cc2[nH]1. The minimum absolute atomic E-state index is 0.117. The van der Waals surface area contributed by atoms with E-state index >= 15 is 0 Å². The van der Waals surface area contributed by atoms with Crippen LogP contribution in [0.1, 0.15) is 25.6 Å². The maximum atomic E-state index is 11.9. The van der Waals surface area contributed by atoms with Crippen molar-refractivity contribution in [3.05, 3.63) is 29.0 Å². The minimum Gasteiger partial charge on any atom is -0.368 e. The number of rotatable bonds is 6. The Morgan fingerprint density at radius 1 is 1.57 bits per heavy atom. The van der Waals surface area contributed by atoms with Gasteiger partial charge in [-0.3, -0.25) is 4.79 Å². The highest BCUT2D eigenvalue weighted by Gasteiger charge is 2.24. The Kier molecular flexibility index (Phi) is 4.12. The molecule has 1 aliphatic rings. The second-order valence-corrected chi connectivity index (χ2v) is 5.92. The van der Waals surface area contributed by atoms with E-state index in [4.69, 9.17) is 16.3 Å². The van der Waals surface area contributed by atoms with Crippen LogP contribution < -0.4 is 5.32 Å². The molecule has 1 aromatic heterocycles. The topological polar surface area (TPSA) is 67.0 Å². The minimum atomic E-state index is -0.426. The first-order valence-electron chi connectivity index (χ1n) is 7.15. The van der Waals surface area contributed by atoms with Gasteiger partial charge in [0.05, 0.1) is 24.2 Å². The molecule has 1 saturated carbocycles. The number of benzene rings is 1. The summed E-state index contributed by atoms with van der Waals surface area (Å²) in [5, 5.41) is 3.48. The van der Waals surface area contributed by atoms with Gasteiger partial charge in [0.2, 0.25) is 5.91 Å². The van der Waals surface area contributed by atoms with Crippen molar-refractivity contribution < 1.29 is 9.53 Å². The molecule has 0 bridgehead atoms. The molecule has 5 nitrogen and oxygen atoms in total. The van der Waals surface area contributed by atoms with Gasteiger partial charge in [-0.05, 0) is 43.9 Å². The molecular weight excluding hydrogens is 290 g/mol. The number of carbonyl (C=O) groups excluding carboxylic acids is 1.